The normalized spacial score (nSPS) is 24.6. The van der Waals surface area contributed by atoms with Crippen molar-refractivity contribution in [3.8, 4) is 5.75 Å². The number of dihydropyridines is 1. The highest BCUT2D eigenvalue weighted by Gasteiger charge is 2.41. The van der Waals surface area contributed by atoms with Crippen LogP contribution in [-0.4, -0.2) is 38.2 Å². The number of benzene rings is 1. The minimum Gasteiger partial charge on any atom is -0.497 e. The fourth-order valence-electron chi connectivity index (χ4n) is 5.21. The molecule has 0 spiro atoms. The molecule has 5 rings (SSSR count). The van der Waals surface area contributed by atoms with E-state index in [2.05, 4.69) is 11.4 Å². The molecule has 1 N–H and O–H groups in total. The summed E-state index contributed by atoms with van der Waals surface area (Å²) in [4.78, 5) is 28.2. The van der Waals surface area contributed by atoms with Crippen LogP contribution in [0.2, 0.25) is 0 Å². The SMILES string of the molecule is COc1cccc([C@@H]2C(C(=O)OC[C@H]3CCCO3)=C(C)NC3=C2C(=O)C[C@@H](c2cccs2)C3)c1. The van der Waals surface area contributed by atoms with E-state index in [1.807, 2.05) is 42.6 Å². The quantitative estimate of drug-likeness (QED) is 0.598. The van der Waals surface area contributed by atoms with Crippen LogP contribution >= 0.6 is 11.3 Å². The zero-order chi connectivity index (χ0) is 23.7. The average molecular weight is 480 g/mol. The van der Waals surface area contributed by atoms with E-state index >= 15 is 0 Å². The second-order valence-electron chi connectivity index (χ2n) is 9.04. The van der Waals surface area contributed by atoms with Crippen LogP contribution in [0.25, 0.3) is 0 Å². The molecule has 0 saturated carbocycles. The van der Waals surface area contributed by atoms with Gasteiger partial charge in [0.15, 0.2) is 5.78 Å². The topological polar surface area (TPSA) is 73.9 Å². The molecule has 1 fully saturated rings. The number of allylic oxidation sites excluding steroid dienone is 3. The minimum absolute atomic E-state index is 0.0608. The van der Waals surface area contributed by atoms with Crippen LogP contribution in [0.3, 0.4) is 0 Å². The first-order valence-corrected chi connectivity index (χ1v) is 12.6. The number of ether oxygens (including phenoxy) is 3. The predicted octanol–water partition coefficient (Wildman–Crippen LogP) is 4.84. The molecule has 1 saturated heterocycles. The van der Waals surface area contributed by atoms with Crippen molar-refractivity contribution in [2.24, 2.45) is 0 Å². The third kappa shape index (κ3) is 4.42. The Morgan fingerprint density at radius 2 is 2.12 bits per heavy atom. The van der Waals surface area contributed by atoms with Crippen LogP contribution in [0.15, 0.2) is 64.3 Å². The summed E-state index contributed by atoms with van der Waals surface area (Å²) in [7, 11) is 1.61. The molecule has 178 valence electrons. The maximum Gasteiger partial charge on any atom is 0.336 e. The van der Waals surface area contributed by atoms with Gasteiger partial charge in [0.05, 0.1) is 18.8 Å². The summed E-state index contributed by atoms with van der Waals surface area (Å²) in [5, 5.41) is 5.45. The molecule has 34 heavy (non-hydrogen) atoms. The predicted molar refractivity (Wildman–Crippen MR) is 130 cm³/mol. The van der Waals surface area contributed by atoms with Crippen molar-refractivity contribution in [2.75, 3.05) is 20.3 Å². The fourth-order valence-corrected chi connectivity index (χ4v) is 6.04. The van der Waals surface area contributed by atoms with Crippen LogP contribution < -0.4 is 10.1 Å². The molecule has 3 aliphatic rings. The molecule has 2 aliphatic heterocycles. The molecule has 3 atom stereocenters. The molecule has 6 nitrogen and oxygen atoms in total. The Hall–Kier alpha value is -2.90. The van der Waals surface area contributed by atoms with E-state index in [4.69, 9.17) is 14.2 Å². The summed E-state index contributed by atoms with van der Waals surface area (Å²) in [6, 6.07) is 11.7. The van der Waals surface area contributed by atoms with Crippen molar-refractivity contribution in [1.29, 1.82) is 0 Å². The molecule has 0 unspecified atom stereocenters. The molecule has 0 amide bonds. The standard InChI is InChI=1S/C27H29NO5S/c1-16-24(27(30)33-15-20-8-4-10-32-20)25(17-6-3-7-19(12-17)31-2)26-21(28-16)13-18(14-22(26)29)23-9-5-11-34-23/h3,5-7,9,11-12,18,20,25,28H,4,8,10,13-15H2,1-2H3/t18-,20+,25+/m0/s1. The van der Waals surface area contributed by atoms with E-state index < -0.39 is 11.9 Å². The van der Waals surface area contributed by atoms with Crippen molar-refractivity contribution < 1.29 is 23.8 Å². The molecule has 0 radical (unpaired) electrons. The van der Waals surface area contributed by atoms with Gasteiger partial charge >= 0.3 is 5.97 Å². The molecular weight excluding hydrogens is 450 g/mol. The van der Waals surface area contributed by atoms with Gasteiger partial charge in [-0.05, 0) is 55.3 Å². The highest BCUT2D eigenvalue weighted by Crippen LogP contribution is 2.46. The number of esters is 1. The Kier molecular flexibility index (Phi) is 6.57. The van der Waals surface area contributed by atoms with Gasteiger partial charge in [-0.25, -0.2) is 4.79 Å². The van der Waals surface area contributed by atoms with Crippen LogP contribution in [0.4, 0.5) is 0 Å². The minimum atomic E-state index is -0.500. The second-order valence-corrected chi connectivity index (χ2v) is 10.0. The summed E-state index contributed by atoms with van der Waals surface area (Å²) >= 11 is 1.68. The second kappa shape index (κ2) is 9.76. The number of rotatable bonds is 6. The van der Waals surface area contributed by atoms with Crippen molar-refractivity contribution in [2.45, 2.75) is 50.5 Å². The van der Waals surface area contributed by atoms with Crippen LogP contribution in [0.1, 0.15) is 54.9 Å². The lowest BCUT2D eigenvalue weighted by atomic mass is 9.72. The van der Waals surface area contributed by atoms with Gasteiger partial charge in [-0.1, -0.05) is 18.2 Å². The van der Waals surface area contributed by atoms with Gasteiger partial charge in [-0.15, -0.1) is 11.3 Å². The Morgan fingerprint density at radius 3 is 2.85 bits per heavy atom. The van der Waals surface area contributed by atoms with Gasteiger partial charge in [0, 0.05) is 46.7 Å². The number of carbonyl (C=O) groups excluding carboxylic acids is 2. The van der Waals surface area contributed by atoms with E-state index in [1.54, 1.807) is 18.4 Å². The number of Topliss-reactive ketones (excluding diaryl/α,β-unsaturated/α-hetero) is 1. The summed E-state index contributed by atoms with van der Waals surface area (Å²) in [5.41, 5.74) is 3.61. The molecule has 1 aromatic carbocycles. The van der Waals surface area contributed by atoms with Crippen molar-refractivity contribution in [3.63, 3.8) is 0 Å². The average Bonchev–Trinajstić information content (AvgIpc) is 3.56. The molecule has 3 heterocycles. The molecule has 1 aliphatic carbocycles. The number of thiophene rings is 1. The molecule has 2 aromatic rings. The zero-order valence-electron chi connectivity index (χ0n) is 19.5. The third-order valence-corrected chi connectivity index (χ3v) is 7.88. The first-order valence-electron chi connectivity index (χ1n) is 11.7. The maximum atomic E-state index is 13.6. The van der Waals surface area contributed by atoms with Crippen LogP contribution in [0.5, 0.6) is 5.75 Å². The molecular formula is C27H29NO5S. The van der Waals surface area contributed by atoms with Gasteiger partial charge in [-0.2, -0.15) is 0 Å². The van der Waals surface area contributed by atoms with Gasteiger partial charge in [-0.3, -0.25) is 4.79 Å². The summed E-state index contributed by atoms with van der Waals surface area (Å²) in [6.07, 6.45) is 2.97. The van der Waals surface area contributed by atoms with E-state index in [0.717, 1.165) is 36.2 Å². The fraction of sp³-hybridized carbons (Fsp3) is 0.407. The van der Waals surface area contributed by atoms with Gasteiger partial charge in [0.25, 0.3) is 0 Å². The lowest BCUT2D eigenvalue weighted by Crippen LogP contribution is -2.36. The maximum absolute atomic E-state index is 13.6. The lowest BCUT2D eigenvalue weighted by molar-refractivity contribution is -0.142. The Morgan fingerprint density at radius 1 is 1.24 bits per heavy atom. The van der Waals surface area contributed by atoms with Crippen molar-refractivity contribution in [1.82, 2.24) is 5.32 Å². The van der Waals surface area contributed by atoms with Crippen LogP contribution in [0, 0.1) is 0 Å². The molecule has 1 aromatic heterocycles. The van der Waals surface area contributed by atoms with E-state index in [-0.39, 0.29) is 24.4 Å². The summed E-state index contributed by atoms with van der Waals surface area (Å²) in [5.74, 6) is -0.0155. The van der Waals surface area contributed by atoms with Crippen molar-refractivity contribution >= 4 is 23.1 Å². The monoisotopic (exact) mass is 479 g/mol. The Bertz CT molecular complexity index is 1140. The van der Waals surface area contributed by atoms with E-state index in [0.29, 0.717) is 29.9 Å². The van der Waals surface area contributed by atoms with Gasteiger partial charge < -0.3 is 19.5 Å². The summed E-state index contributed by atoms with van der Waals surface area (Å²) < 4.78 is 16.8. The van der Waals surface area contributed by atoms with Crippen LogP contribution in [-0.2, 0) is 19.1 Å². The molecule has 0 bridgehead atoms. The first kappa shape index (κ1) is 22.9. The highest BCUT2D eigenvalue weighted by atomic mass is 32.1. The Balaban J connectivity index is 1.51. The van der Waals surface area contributed by atoms with E-state index in [1.165, 1.54) is 4.88 Å². The van der Waals surface area contributed by atoms with Crippen molar-refractivity contribution in [3.05, 3.63) is 74.8 Å². The lowest BCUT2D eigenvalue weighted by Gasteiger charge is -2.36. The number of ketones is 1. The van der Waals surface area contributed by atoms with Gasteiger partial charge in [0.1, 0.15) is 12.4 Å². The zero-order valence-corrected chi connectivity index (χ0v) is 20.3. The number of methoxy groups -OCH3 is 1. The molecule has 7 heteroatoms. The summed E-state index contributed by atoms with van der Waals surface area (Å²) in [6.45, 7) is 2.81. The number of carbonyl (C=O) groups is 2. The number of nitrogens with one attached hydrogen (secondary N) is 1. The highest BCUT2D eigenvalue weighted by molar-refractivity contribution is 7.10. The van der Waals surface area contributed by atoms with Gasteiger partial charge in [0.2, 0.25) is 0 Å². The first-order chi connectivity index (χ1) is 16.5. The Labute approximate surface area is 203 Å². The largest absolute Gasteiger partial charge is 0.497 e. The van der Waals surface area contributed by atoms with E-state index in [9.17, 15) is 9.59 Å². The third-order valence-electron chi connectivity index (χ3n) is 6.84. The number of hydrogen-bond acceptors (Lipinski definition) is 7. The number of hydrogen-bond donors (Lipinski definition) is 1. The smallest absolute Gasteiger partial charge is 0.336 e.